The third kappa shape index (κ3) is 4.30. The van der Waals surface area contributed by atoms with Gasteiger partial charge in [-0.25, -0.2) is 9.18 Å². The van der Waals surface area contributed by atoms with Crippen LogP contribution >= 0.6 is 0 Å². The fourth-order valence-corrected chi connectivity index (χ4v) is 3.74. The fraction of sp³-hybridized carbons (Fsp3) is 0.579. The molecule has 0 spiro atoms. The van der Waals surface area contributed by atoms with E-state index in [1.807, 2.05) is 4.90 Å². The Morgan fingerprint density at radius 2 is 1.80 bits per heavy atom. The van der Waals surface area contributed by atoms with E-state index < -0.39 is 0 Å². The first-order chi connectivity index (χ1) is 12.0. The van der Waals surface area contributed by atoms with E-state index in [2.05, 4.69) is 5.32 Å². The third-order valence-electron chi connectivity index (χ3n) is 5.30. The van der Waals surface area contributed by atoms with Gasteiger partial charge in [0.1, 0.15) is 5.82 Å². The Balaban J connectivity index is 1.51. The summed E-state index contributed by atoms with van der Waals surface area (Å²) < 4.78 is 13.0. The number of halogens is 1. The molecule has 2 aliphatic rings. The smallest absolute Gasteiger partial charge is 0.321 e. The Morgan fingerprint density at radius 1 is 1.12 bits per heavy atom. The van der Waals surface area contributed by atoms with E-state index in [4.69, 9.17) is 0 Å². The molecular formula is C19H26FN3O2. The summed E-state index contributed by atoms with van der Waals surface area (Å²) in [6.07, 6.45) is 6.30. The van der Waals surface area contributed by atoms with Crippen LogP contribution in [0.15, 0.2) is 24.3 Å². The van der Waals surface area contributed by atoms with Gasteiger partial charge in [0.25, 0.3) is 0 Å². The van der Waals surface area contributed by atoms with Crippen LogP contribution in [0.2, 0.25) is 0 Å². The lowest BCUT2D eigenvalue weighted by Crippen LogP contribution is -2.45. The molecule has 6 heteroatoms. The van der Waals surface area contributed by atoms with Gasteiger partial charge in [-0.15, -0.1) is 0 Å². The molecule has 2 fully saturated rings. The average Bonchev–Trinajstić information content (AvgIpc) is 3.10. The lowest BCUT2D eigenvalue weighted by atomic mass is 9.88. The number of anilines is 1. The van der Waals surface area contributed by atoms with Crippen LogP contribution in [-0.4, -0.2) is 43.0 Å². The lowest BCUT2D eigenvalue weighted by Gasteiger charge is -2.26. The summed E-state index contributed by atoms with van der Waals surface area (Å²) in [7, 11) is 1.66. The third-order valence-corrected chi connectivity index (χ3v) is 5.30. The van der Waals surface area contributed by atoms with Gasteiger partial charge in [0, 0.05) is 37.8 Å². The molecule has 3 rings (SSSR count). The minimum absolute atomic E-state index is 0.0251. The van der Waals surface area contributed by atoms with E-state index in [-0.39, 0.29) is 29.7 Å². The molecule has 0 radical (unpaired) electrons. The van der Waals surface area contributed by atoms with Crippen LogP contribution in [0.25, 0.3) is 0 Å². The van der Waals surface area contributed by atoms with Gasteiger partial charge >= 0.3 is 6.03 Å². The van der Waals surface area contributed by atoms with E-state index in [9.17, 15) is 14.0 Å². The number of likely N-dealkylation sites (tertiary alicyclic amines) is 1. The summed E-state index contributed by atoms with van der Waals surface area (Å²) >= 11 is 0. The first-order valence-corrected chi connectivity index (χ1v) is 9.13. The Bertz CT molecular complexity index is 614. The largest absolute Gasteiger partial charge is 0.340 e. The molecule has 0 aromatic heterocycles. The van der Waals surface area contributed by atoms with Gasteiger partial charge in [-0.05, 0) is 43.5 Å². The van der Waals surface area contributed by atoms with Crippen molar-refractivity contribution in [3.05, 3.63) is 30.1 Å². The van der Waals surface area contributed by atoms with E-state index in [0.717, 1.165) is 32.1 Å². The highest BCUT2D eigenvalue weighted by Gasteiger charge is 2.32. The zero-order valence-corrected chi connectivity index (χ0v) is 14.7. The second-order valence-corrected chi connectivity index (χ2v) is 7.09. The van der Waals surface area contributed by atoms with Crippen molar-refractivity contribution in [1.29, 1.82) is 0 Å². The first kappa shape index (κ1) is 17.7. The molecule has 136 valence electrons. The van der Waals surface area contributed by atoms with E-state index in [0.29, 0.717) is 18.8 Å². The average molecular weight is 347 g/mol. The summed E-state index contributed by atoms with van der Waals surface area (Å²) in [5.74, 6) is 0.0960. The van der Waals surface area contributed by atoms with Crippen LogP contribution in [-0.2, 0) is 4.79 Å². The SMILES string of the molecule is CN(C(=O)N[C@@H]1CCN(C(=O)C2CCCCC2)C1)c1ccc(F)cc1. The Morgan fingerprint density at radius 3 is 2.48 bits per heavy atom. The zero-order chi connectivity index (χ0) is 17.8. The van der Waals surface area contributed by atoms with Crippen LogP contribution in [0.4, 0.5) is 14.9 Å². The molecule has 1 aromatic carbocycles. The van der Waals surface area contributed by atoms with Gasteiger partial charge in [-0.1, -0.05) is 19.3 Å². The molecule has 1 saturated carbocycles. The molecule has 0 unspecified atom stereocenters. The van der Waals surface area contributed by atoms with Crippen molar-refractivity contribution < 1.29 is 14.0 Å². The molecule has 25 heavy (non-hydrogen) atoms. The van der Waals surface area contributed by atoms with Crippen molar-refractivity contribution in [2.24, 2.45) is 5.92 Å². The summed E-state index contributed by atoms with van der Waals surface area (Å²) in [6, 6.07) is 5.55. The minimum atomic E-state index is -0.329. The standard InChI is InChI=1S/C19H26FN3O2/c1-22(17-9-7-15(20)8-10-17)19(25)21-16-11-12-23(13-16)18(24)14-5-3-2-4-6-14/h7-10,14,16H,2-6,11-13H2,1H3,(H,21,25)/t16-/m1/s1. The van der Waals surface area contributed by atoms with Crippen LogP contribution in [0.5, 0.6) is 0 Å². The molecule has 1 N–H and O–H groups in total. The van der Waals surface area contributed by atoms with Crippen molar-refractivity contribution in [3.8, 4) is 0 Å². The van der Waals surface area contributed by atoms with Crippen molar-refractivity contribution in [2.45, 2.75) is 44.6 Å². The summed E-state index contributed by atoms with van der Waals surface area (Å²) in [5, 5.41) is 2.98. The second-order valence-electron chi connectivity index (χ2n) is 7.09. The molecule has 1 saturated heterocycles. The highest BCUT2D eigenvalue weighted by molar-refractivity contribution is 5.91. The number of benzene rings is 1. The molecule has 1 heterocycles. The molecule has 1 aliphatic heterocycles. The van der Waals surface area contributed by atoms with Gasteiger partial charge < -0.3 is 10.2 Å². The molecule has 1 aromatic rings. The number of amides is 3. The highest BCUT2D eigenvalue weighted by Crippen LogP contribution is 2.27. The number of urea groups is 1. The van der Waals surface area contributed by atoms with Gasteiger partial charge in [-0.2, -0.15) is 0 Å². The summed E-state index contributed by atoms with van der Waals surface area (Å²) in [5.41, 5.74) is 0.632. The van der Waals surface area contributed by atoms with E-state index in [1.54, 1.807) is 19.2 Å². The fourth-order valence-electron chi connectivity index (χ4n) is 3.74. The van der Waals surface area contributed by atoms with Crippen LogP contribution in [0.1, 0.15) is 38.5 Å². The van der Waals surface area contributed by atoms with E-state index >= 15 is 0 Å². The molecule has 1 atom stereocenters. The maximum absolute atomic E-state index is 13.0. The molecule has 5 nitrogen and oxygen atoms in total. The quantitative estimate of drug-likeness (QED) is 0.913. The van der Waals surface area contributed by atoms with Gasteiger partial charge in [0.2, 0.25) is 5.91 Å². The van der Waals surface area contributed by atoms with Crippen LogP contribution in [0, 0.1) is 11.7 Å². The number of hydrogen-bond acceptors (Lipinski definition) is 2. The number of carbonyl (C=O) groups excluding carboxylic acids is 2. The number of rotatable bonds is 3. The van der Waals surface area contributed by atoms with E-state index in [1.165, 1.54) is 23.5 Å². The Kier molecular flexibility index (Phi) is 5.56. The minimum Gasteiger partial charge on any atom is -0.340 e. The maximum atomic E-state index is 13.0. The van der Waals surface area contributed by atoms with Crippen LogP contribution < -0.4 is 10.2 Å². The predicted molar refractivity (Wildman–Crippen MR) is 94.9 cm³/mol. The number of nitrogens with zero attached hydrogens (tertiary/aromatic N) is 2. The maximum Gasteiger partial charge on any atom is 0.321 e. The topological polar surface area (TPSA) is 52.7 Å². The predicted octanol–water partition coefficient (Wildman–Crippen LogP) is 3.15. The molecule has 3 amide bonds. The normalized spacial score (nSPS) is 21.2. The number of carbonyl (C=O) groups is 2. The highest BCUT2D eigenvalue weighted by atomic mass is 19.1. The summed E-state index contributed by atoms with van der Waals surface area (Å²) in [4.78, 5) is 28.3. The summed E-state index contributed by atoms with van der Waals surface area (Å²) in [6.45, 7) is 1.29. The van der Waals surface area contributed by atoms with Gasteiger partial charge in [0.15, 0.2) is 0 Å². The Labute approximate surface area is 148 Å². The van der Waals surface area contributed by atoms with Gasteiger partial charge in [-0.3, -0.25) is 9.69 Å². The molecule has 1 aliphatic carbocycles. The number of nitrogens with one attached hydrogen (secondary N) is 1. The number of hydrogen-bond donors (Lipinski definition) is 1. The van der Waals surface area contributed by atoms with Crippen molar-refractivity contribution >= 4 is 17.6 Å². The second kappa shape index (κ2) is 7.85. The molecule has 0 bridgehead atoms. The van der Waals surface area contributed by atoms with Gasteiger partial charge in [0.05, 0.1) is 0 Å². The zero-order valence-electron chi connectivity index (χ0n) is 14.7. The Hall–Kier alpha value is -2.11. The van der Waals surface area contributed by atoms with Crippen LogP contribution in [0.3, 0.4) is 0 Å². The first-order valence-electron chi connectivity index (χ1n) is 9.13. The van der Waals surface area contributed by atoms with Crippen molar-refractivity contribution in [2.75, 3.05) is 25.0 Å². The lowest BCUT2D eigenvalue weighted by molar-refractivity contribution is -0.135. The molecular weight excluding hydrogens is 321 g/mol. The van der Waals surface area contributed by atoms with Crippen molar-refractivity contribution in [1.82, 2.24) is 10.2 Å². The monoisotopic (exact) mass is 347 g/mol. The van der Waals surface area contributed by atoms with Crippen molar-refractivity contribution in [3.63, 3.8) is 0 Å².